The van der Waals surface area contributed by atoms with E-state index in [1.54, 1.807) is 24.1 Å². The third-order valence-electron chi connectivity index (χ3n) is 6.46. The zero-order valence-corrected chi connectivity index (χ0v) is 21.3. The number of halogens is 1. The molecule has 0 bridgehead atoms. The summed E-state index contributed by atoms with van der Waals surface area (Å²) in [5.74, 6) is 0.584. The standard InChI is InChI=1S/C28H32ClNO5/c1-4-5-6-7-15-34-20-11-9-19(10-12-20)25-24-26(31)21-17-22(29)18(2)16-23(21)35-27(24)28(32)30(25)13-8-14-33-3/h9-12,16-17,25H,4-8,13-15H2,1-3H3. The van der Waals surface area contributed by atoms with Gasteiger partial charge in [0.15, 0.2) is 5.43 Å². The van der Waals surface area contributed by atoms with Crippen molar-refractivity contribution in [3.8, 4) is 5.75 Å². The number of hydrogen-bond acceptors (Lipinski definition) is 5. The first-order valence-electron chi connectivity index (χ1n) is 12.3. The molecule has 1 amide bonds. The van der Waals surface area contributed by atoms with E-state index < -0.39 is 6.04 Å². The van der Waals surface area contributed by atoms with Gasteiger partial charge in [-0.05, 0) is 55.2 Å². The lowest BCUT2D eigenvalue weighted by atomic mass is 9.98. The zero-order chi connectivity index (χ0) is 24.9. The molecule has 0 fully saturated rings. The van der Waals surface area contributed by atoms with Crippen molar-refractivity contribution in [2.45, 2.75) is 52.0 Å². The molecule has 186 valence electrons. The van der Waals surface area contributed by atoms with Gasteiger partial charge in [0.05, 0.1) is 23.6 Å². The molecule has 4 rings (SSSR count). The third-order valence-corrected chi connectivity index (χ3v) is 6.86. The highest BCUT2D eigenvalue weighted by molar-refractivity contribution is 6.32. The first-order chi connectivity index (χ1) is 17.0. The van der Waals surface area contributed by atoms with Crippen LogP contribution in [0, 0.1) is 6.92 Å². The Morgan fingerprint density at radius 2 is 1.80 bits per heavy atom. The fourth-order valence-electron chi connectivity index (χ4n) is 4.56. The molecule has 1 unspecified atom stereocenters. The maximum absolute atomic E-state index is 13.6. The highest BCUT2D eigenvalue weighted by Crippen LogP contribution is 2.39. The van der Waals surface area contributed by atoms with Gasteiger partial charge in [0.2, 0.25) is 5.76 Å². The summed E-state index contributed by atoms with van der Waals surface area (Å²) < 4.78 is 17.1. The van der Waals surface area contributed by atoms with Gasteiger partial charge in [-0.15, -0.1) is 0 Å². The van der Waals surface area contributed by atoms with Gasteiger partial charge in [-0.25, -0.2) is 0 Å². The number of ether oxygens (including phenoxy) is 2. The molecule has 0 spiro atoms. The molecule has 1 atom stereocenters. The molecule has 0 aliphatic carbocycles. The molecule has 3 aromatic rings. The second-order valence-electron chi connectivity index (χ2n) is 9.00. The van der Waals surface area contributed by atoms with Gasteiger partial charge < -0.3 is 18.8 Å². The van der Waals surface area contributed by atoms with Crippen LogP contribution in [0.2, 0.25) is 5.02 Å². The Bertz CT molecular complexity index is 1250. The van der Waals surface area contributed by atoms with E-state index in [0.717, 1.165) is 29.7 Å². The van der Waals surface area contributed by atoms with Crippen molar-refractivity contribution < 1.29 is 18.7 Å². The average Bonchev–Trinajstić information content (AvgIpc) is 3.13. The molecular weight excluding hydrogens is 466 g/mol. The number of benzene rings is 2. The molecule has 0 N–H and O–H groups in total. The Balaban J connectivity index is 1.70. The highest BCUT2D eigenvalue weighted by atomic mass is 35.5. The second kappa shape index (κ2) is 11.3. The summed E-state index contributed by atoms with van der Waals surface area (Å²) in [6.07, 6.45) is 5.21. The molecular formula is C28H32ClNO5. The van der Waals surface area contributed by atoms with Crippen molar-refractivity contribution in [3.63, 3.8) is 0 Å². The lowest BCUT2D eigenvalue weighted by Crippen LogP contribution is -2.31. The van der Waals surface area contributed by atoms with Gasteiger partial charge in [-0.3, -0.25) is 9.59 Å². The van der Waals surface area contributed by atoms with E-state index in [-0.39, 0.29) is 17.1 Å². The number of hydrogen-bond donors (Lipinski definition) is 0. The van der Waals surface area contributed by atoms with Crippen LogP contribution in [0.4, 0.5) is 0 Å². The maximum atomic E-state index is 13.6. The van der Waals surface area contributed by atoms with Gasteiger partial charge in [0, 0.05) is 25.3 Å². The summed E-state index contributed by atoms with van der Waals surface area (Å²) in [5.41, 5.74) is 2.11. The molecule has 2 heterocycles. The fourth-order valence-corrected chi connectivity index (χ4v) is 4.73. The number of aryl methyl sites for hydroxylation is 1. The van der Waals surface area contributed by atoms with Crippen LogP contribution >= 0.6 is 11.6 Å². The Morgan fingerprint density at radius 3 is 2.51 bits per heavy atom. The van der Waals surface area contributed by atoms with Crippen LogP contribution in [0.25, 0.3) is 11.0 Å². The van der Waals surface area contributed by atoms with Crippen LogP contribution in [-0.4, -0.2) is 37.7 Å². The smallest absolute Gasteiger partial charge is 0.290 e. The molecule has 2 aromatic carbocycles. The number of carbonyl (C=O) groups is 1. The van der Waals surface area contributed by atoms with Gasteiger partial charge in [0.25, 0.3) is 5.91 Å². The topological polar surface area (TPSA) is 69.0 Å². The molecule has 7 heteroatoms. The van der Waals surface area contributed by atoms with E-state index in [9.17, 15) is 9.59 Å². The lowest BCUT2D eigenvalue weighted by molar-refractivity contribution is 0.0708. The average molecular weight is 498 g/mol. The molecule has 6 nitrogen and oxygen atoms in total. The van der Waals surface area contributed by atoms with Crippen LogP contribution < -0.4 is 10.2 Å². The van der Waals surface area contributed by atoms with Gasteiger partial charge >= 0.3 is 0 Å². The summed E-state index contributed by atoms with van der Waals surface area (Å²) in [7, 11) is 1.63. The normalized spacial score (nSPS) is 15.1. The van der Waals surface area contributed by atoms with Gasteiger partial charge in [-0.1, -0.05) is 49.9 Å². The van der Waals surface area contributed by atoms with Crippen molar-refractivity contribution in [3.05, 3.63) is 74.1 Å². The first-order valence-corrected chi connectivity index (χ1v) is 12.6. The zero-order valence-electron chi connectivity index (χ0n) is 20.6. The van der Waals surface area contributed by atoms with Gasteiger partial charge in [-0.2, -0.15) is 0 Å². The van der Waals surface area contributed by atoms with Crippen LogP contribution in [-0.2, 0) is 4.74 Å². The Hall–Kier alpha value is -2.83. The van der Waals surface area contributed by atoms with Crippen LogP contribution in [0.1, 0.15) is 72.3 Å². The number of rotatable bonds is 11. The fraction of sp³-hybridized carbons (Fsp3) is 0.429. The van der Waals surface area contributed by atoms with E-state index >= 15 is 0 Å². The van der Waals surface area contributed by atoms with Crippen molar-refractivity contribution in [1.29, 1.82) is 0 Å². The molecule has 0 saturated heterocycles. The molecule has 1 aliphatic heterocycles. The number of unbranched alkanes of at least 4 members (excludes halogenated alkanes) is 3. The lowest BCUT2D eigenvalue weighted by Gasteiger charge is -2.25. The minimum absolute atomic E-state index is 0.0999. The van der Waals surface area contributed by atoms with E-state index in [4.69, 9.17) is 25.5 Å². The number of fused-ring (bicyclic) bond motifs is 2. The first kappa shape index (κ1) is 25.3. The van der Waals surface area contributed by atoms with E-state index in [2.05, 4.69) is 6.92 Å². The minimum atomic E-state index is -0.548. The molecule has 0 radical (unpaired) electrons. The summed E-state index contributed by atoms with van der Waals surface area (Å²) in [6, 6.07) is 10.4. The summed E-state index contributed by atoms with van der Waals surface area (Å²) in [5, 5.41) is 0.867. The molecule has 0 saturated carbocycles. The van der Waals surface area contributed by atoms with Crippen LogP contribution in [0.5, 0.6) is 5.75 Å². The Kier molecular flexibility index (Phi) is 8.14. The van der Waals surface area contributed by atoms with E-state index in [1.165, 1.54) is 12.8 Å². The Morgan fingerprint density at radius 1 is 1.03 bits per heavy atom. The number of methoxy groups -OCH3 is 1. The van der Waals surface area contributed by atoms with Crippen molar-refractivity contribution in [1.82, 2.24) is 4.90 Å². The van der Waals surface area contributed by atoms with Crippen molar-refractivity contribution in [2.24, 2.45) is 0 Å². The quantitative estimate of drug-likeness (QED) is 0.291. The predicted molar refractivity (Wildman–Crippen MR) is 138 cm³/mol. The van der Waals surface area contributed by atoms with Crippen molar-refractivity contribution >= 4 is 28.5 Å². The minimum Gasteiger partial charge on any atom is -0.494 e. The van der Waals surface area contributed by atoms with Crippen molar-refractivity contribution in [2.75, 3.05) is 26.9 Å². The molecule has 1 aliphatic rings. The largest absolute Gasteiger partial charge is 0.494 e. The van der Waals surface area contributed by atoms with E-state index in [1.807, 2.05) is 31.2 Å². The van der Waals surface area contributed by atoms with E-state index in [0.29, 0.717) is 47.7 Å². The number of amides is 1. The third kappa shape index (κ3) is 5.24. The molecule has 1 aromatic heterocycles. The number of carbonyl (C=O) groups excluding carboxylic acids is 1. The predicted octanol–water partition coefficient (Wildman–Crippen LogP) is 6.30. The summed E-state index contributed by atoms with van der Waals surface area (Å²) in [6.45, 7) is 5.64. The monoisotopic (exact) mass is 497 g/mol. The maximum Gasteiger partial charge on any atom is 0.290 e. The second-order valence-corrected chi connectivity index (χ2v) is 9.40. The highest BCUT2D eigenvalue weighted by Gasteiger charge is 2.42. The Labute approximate surface area is 210 Å². The van der Waals surface area contributed by atoms with Gasteiger partial charge in [0.1, 0.15) is 11.3 Å². The molecule has 35 heavy (non-hydrogen) atoms. The SMILES string of the molecule is CCCCCCOc1ccc(C2c3c(oc4cc(C)c(Cl)cc4c3=O)C(=O)N2CCCOC)cc1. The summed E-state index contributed by atoms with van der Waals surface area (Å²) in [4.78, 5) is 28.8. The van der Waals surface area contributed by atoms with Crippen LogP contribution in [0.15, 0.2) is 45.6 Å². The summed E-state index contributed by atoms with van der Waals surface area (Å²) >= 11 is 6.31. The van der Waals surface area contributed by atoms with Crippen LogP contribution in [0.3, 0.4) is 0 Å². The number of nitrogens with zero attached hydrogens (tertiary/aromatic N) is 1.